The van der Waals surface area contributed by atoms with Gasteiger partial charge in [0, 0.05) is 19.4 Å². The van der Waals surface area contributed by atoms with E-state index in [1.165, 1.54) is 0 Å². The second-order valence-corrected chi connectivity index (χ2v) is 3.70. The predicted molar refractivity (Wildman–Crippen MR) is 56.5 cm³/mol. The van der Waals surface area contributed by atoms with Gasteiger partial charge in [-0.1, -0.05) is 18.5 Å². The molecule has 0 amide bonds. The summed E-state index contributed by atoms with van der Waals surface area (Å²) in [4.78, 5) is 11.0. The van der Waals surface area contributed by atoms with Crippen molar-refractivity contribution in [1.29, 1.82) is 0 Å². The molecule has 0 saturated heterocycles. The van der Waals surface area contributed by atoms with E-state index in [0.717, 1.165) is 18.7 Å². The van der Waals surface area contributed by atoms with Crippen molar-refractivity contribution in [2.24, 2.45) is 0 Å². The minimum Gasteiger partial charge on any atom is -0.300 e. The van der Waals surface area contributed by atoms with Crippen LogP contribution in [0.15, 0.2) is 6.20 Å². The van der Waals surface area contributed by atoms with Crippen LogP contribution < -0.4 is 0 Å². The van der Waals surface area contributed by atoms with Crippen LogP contribution in [0.4, 0.5) is 0 Å². The lowest BCUT2D eigenvalue weighted by Crippen LogP contribution is -2.04. The Kier molecular flexibility index (Phi) is 4.14. The van der Waals surface area contributed by atoms with Gasteiger partial charge in [0.05, 0.1) is 16.9 Å². The molecule has 14 heavy (non-hydrogen) atoms. The molecular formula is C10H15ClN2O. The molecular weight excluding hydrogens is 200 g/mol. The number of hydrogen-bond acceptors (Lipinski definition) is 2. The van der Waals surface area contributed by atoms with E-state index in [4.69, 9.17) is 11.6 Å². The van der Waals surface area contributed by atoms with Crippen molar-refractivity contribution in [3.63, 3.8) is 0 Å². The van der Waals surface area contributed by atoms with Gasteiger partial charge in [-0.25, -0.2) is 0 Å². The van der Waals surface area contributed by atoms with Crippen molar-refractivity contribution in [3.8, 4) is 0 Å². The summed E-state index contributed by atoms with van der Waals surface area (Å²) in [6.45, 7) is 4.58. The summed E-state index contributed by atoms with van der Waals surface area (Å²) in [6.07, 6.45) is 3.73. The second kappa shape index (κ2) is 5.15. The molecule has 78 valence electrons. The van der Waals surface area contributed by atoms with Crippen LogP contribution in [0.2, 0.25) is 5.02 Å². The number of carbonyl (C=O) groups excluding carboxylic acids is 1. The molecule has 1 aromatic heterocycles. The molecule has 0 N–H and O–H groups in total. The lowest BCUT2D eigenvalue weighted by Gasteiger charge is -2.03. The van der Waals surface area contributed by atoms with E-state index in [1.807, 2.05) is 18.5 Å². The van der Waals surface area contributed by atoms with Gasteiger partial charge in [-0.3, -0.25) is 9.48 Å². The lowest BCUT2D eigenvalue weighted by atomic mass is 10.2. The summed E-state index contributed by atoms with van der Waals surface area (Å²) in [5, 5.41) is 4.80. The summed E-state index contributed by atoms with van der Waals surface area (Å²) in [5.41, 5.74) is 0.968. The van der Waals surface area contributed by atoms with Crippen molar-refractivity contribution in [2.75, 3.05) is 0 Å². The van der Waals surface area contributed by atoms with Crippen LogP contribution in [0, 0.1) is 6.92 Å². The molecule has 0 aliphatic rings. The SMILES string of the molecule is CCC(=O)CCCn1ncc(Cl)c1C. The van der Waals surface area contributed by atoms with Crippen molar-refractivity contribution < 1.29 is 4.79 Å². The van der Waals surface area contributed by atoms with Crippen LogP contribution in [-0.4, -0.2) is 15.6 Å². The first-order valence-corrected chi connectivity index (χ1v) is 5.22. The largest absolute Gasteiger partial charge is 0.300 e. The van der Waals surface area contributed by atoms with E-state index < -0.39 is 0 Å². The Morgan fingerprint density at radius 3 is 2.86 bits per heavy atom. The highest BCUT2D eigenvalue weighted by Gasteiger charge is 2.04. The van der Waals surface area contributed by atoms with Gasteiger partial charge >= 0.3 is 0 Å². The van der Waals surface area contributed by atoms with Crippen molar-refractivity contribution in [2.45, 2.75) is 39.7 Å². The van der Waals surface area contributed by atoms with Crippen molar-refractivity contribution >= 4 is 17.4 Å². The average molecular weight is 215 g/mol. The van der Waals surface area contributed by atoms with E-state index in [2.05, 4.69) is 5.10 Å². The molecule has 0 aliphatic heterocycles. The van der Waals surface area contributed by atoms with Crippen LogP contribution in [0.3, 0.4) is 0 Å². The molecule has 0 fully saturated rings. The predicted octanol–water partition coefficient (Wildman–Crippen LogP) is 2.60. The maximum atomic E-state index is 11.0. The molecule has 0 radical (unpaired) electrons. The van der Waals surface area contributed by atoms with Gasteiger partial charge in [0.2, 0.25) is 0 Å². The van der Waals surface area contributed by atoms with E-state index in [-0.39, 0.29) is 0 Å². The molecule has 3 nitrogen and oxygen atoms in total. The highest BCUT2D eigenvalue weighted by atomic mass is 35.5. The highest BCUT2D eigenvalue weighted by Crippen LogP contribution is 2.13. The van der Waals surface area contributed by atoms with Gasteiger partial charge in [0.25, 0.3) is 0 Å². The minimum atomic E-state index is 0.306. The Morgan fingerprint density at radius 1 is 1.64 bits per heavy atom. The Balaban J connectivity index is 2.39. The summed E-state index contributed by atoms with van der Waals surface area (Å²) in [5.74, 6) is 0.306. The number of halogens is 1. The molecule has 0 atom stereocenters. The summed E-state index contributed by atoms with van der Waals surface area (Å²) in [6, 6.07) is 0. The molecule has 0 unspecified atom stereocenters. The number of nitrogens with zero attached hydrogens (tertiary/aromatic N) is 2. The molecule has 1 rings (SSSR count). The first kappa shape index (κ1) is 11.2. The van der Waals surface area contributed by atoms with Crippen LogP contribution >= 0.6 is 11.6 Å². The molecule has 1 heterocycles. The molecule has 1 aromatic rings. The maximum Gasteiger partial charge on any atom is 0.132 e. The van der Waals surface area contributed by atoms with E-state index in [9.17, 15) is 4.79 Å². The Morgan fingerprint density at radius 2 is 2.36 bits per heavy atom. The standard InChI is InChI=1S/C10H15ClN2O/c1-3-9(14)5-4-6-13-8(2)10(11)7-12-13/h7H,3-6H2,1-2H3. The molecule has 0 spiro atoms. The zero-order valence-electron chi connectivity index (χ0n) is 8.59. The molecule has 4 heteroatoms. The maximum absolute atomic E-state index is 11.0. The van der Waals surface area contributed by atoms with Gasteiger partial charge in [0.1, 0.15) is 5.78 Å². The number of aromatic nitrogens is 2. The Labute approximate surface area is 89.1 Å². The van der Waals surface area contributed by atoms with E-state index in [1.54, 1.807) is 6.20 Å². The van der Waals surface area contributed by atoms with E-state index in [0.29, 0.717) is 23.6 Å². The molecule has 0 aromatic carbocycles. The fourth-order valence-electron chi connectivity index (χ4n) is 1.25. The fourth-order valence-corrected chi connectivity index (χ4v) is 1.39. The number of rotatable bonds is 5. The normalized spacial score (nSPS) is 10.5. The summed E-state index contributed by atoms with van der Waals surface area (Å²) >= 11 is 5.85. The van der Waals surface area contributed by atoms with Gasteiger partial charge in [-0.15, -0.1) is 0 Å². The monoisotopic (exact) mass is 214 g/mol. The summed E-state index contributed by atoms with van der Waals surface area (Å²) in [7, 11) is 0. The average Bonchev–Trinajstić information content (AvgIpc) is 2.49. The zero-order valence-corrected chi connectivity index (χ0v) is 9.34. The fraction of sp³-hybridized carbons (Fsp3) is 0.600. The topological polar surface area (TPSA) is 34.9 Å². The second-order valence-electron chi connectivity index (χ2n) is 3.30. The van der Waals surface area contributed by atoms with Crippen molar-refractivity contribution in [1.82, 2.24) is 9.78 Å². The Bertz CT molecular complexity index is 320. The minimum absolute atomic E-state index is 0.306. The van der Waals surface area contributed by atoms with Crippen LogP contribution in [-0.2, 0) is 11.3 Å². The van der Waals surface area contributed by atoms with Crippen LogP contribution in [0.1, 0.15) is 31.9 Å². The number of Topliss-reactive ketones (excluding diaryl/α,β-unsaturated/α-hetero) is 1. The van der Waals surface area contributed by atoms with Crippen LogP contribution in [0.25, 0.3) is 0 Å². The summed E-state index contributed by atoms with van der Waals surface area (Å²) < 4.78 is 1.84. The van der Waals surface area contributed by atoms with Gasteiger partial charge < -0.3 is 0 Å². The van der Waals surface area contributed by atoms with Gasteiger partial charge in [-0.2, -0.15) is 5.10 Å². The zero-order chi connectivity index (χ0) is 10.6. The van der Waals surface area contributed by atoms with Gasteiger partial charge in [-0.05, 0) is 13.3 Å². The quantitative estimate of drug-likeness (QED) is 0.755. The molecule has 0 bridgehead atoms. The lowest BCUT2D eigenvalue weighted by molar-refractivity contribution is -0.118. The third kappa shape index (κ3) is 2.84. The molecule has 0 saturated carbocycles. The molecule has 0 aliphatic carbocycles. The number of aryl methyl sites for hydroxylation is 1. The number of ketones is 1. The first-order chi connectivity index (χ1) is 6.65. The van der Waals surface area contributed by atoms with E-state index >= 15 is 0 Å². The third-order valence-electron chi connectivity index (χ3n) is 2.26. The first-order valence-electron chi connectivity index (χ1n) is 4.84. The number of carbonyl (C=O) groups is 1. The van der Waals surface area contributed by atoms with Gasteiger partial charge in [0.15, 0.2) is 0 Å². The Hall–Kier alpha value is -0.830. The van der Waals surface area contributed by atoms with Crippen molar-refractivity contribution in [3.05, 3.63) is 16.9 Å². The van der Waals surface area contributed by atoms with Crippen LogP contribution in [0.5, 0.6) is 0 Å². The third-order valence-corrected chi connectivity index (χ3v) is 2.63. The number of hydrogen-bond donors (Lipinski definition) is 0. The smallest absolute Gasteiger partial charge is 0.132 e. The highest BCUT2D eigenvalue weighted by molar-refractivity contribution is 6.31.